The van der Waals surface area contributed by atoms with Crippen molar-refractivity contribution in [3.63, 3.8) is 0 Å². The molecule has 1 unspecified atom stereocenters. The minimum Gasteiger partial charge on any atom is -0.469 e. The second-order valence-electron chi connectivity index (χ2n) is 5.79. The third kappa shape index (κ3) is 3.54. The molecule has 1 saturated heterocycles. The Morgan fingerprint density at radius 1 is 1.48 bits per heavy atom. The van der Waals surface area contributed by atoms with Crippen LogP contribution < -0.4 is 0 Å². The van der Waals surface area contributed by atoms with Crippen LogP contribution in [0.3, 0.4) is 0 Å². The molecule has 0 aliphatic carbocycles. The predicted octanol–water partition coefficient (Wildman–Crippen LogP) is 1.66. The zero-order valence-corrected chi connectivity index (χ0v) is 13.7. The standard InChI is InChI=1S/C17H23N3O3/c1-3-16-18-14(15-6-4-5-7-20(15)16)12-19-8-9-23-13(11-19)10-17(21)22-2/h4-7,13H,3,8-12H2,1-2H3. The summed E-state index contributed by atoms with van der Waals surface area (Å²) in [6.07, 6.45) is 3.16. The Labute approximate surface area is 136 Å². The van der Waals surface area contributed by atoms with E-state index in [1.165, 1.54) is 7.11 Å². The molecule has 0 saturated carbocycles. The molecule has 1 atom stereocenters. The summed E-state index contributed by atoms with van der Waals surface area (Å²) >= 11 is 0. The number of fused-ring (bicyclic) bond motifs is 1. The fraction of sp³-hybridized carbons (Fsp3) is 0.529. The average Bonchev–Trinajstić information content (AvgIpc) is 2.93. The first kappa shape index (κ1) is 16.0. The molecule has 1 fully saturated rings. The maximum absolute atomic E-state index is 11.4. The number of carbonyl (C=O) groups is 1. The number of imidazole rings is 1. The lowest BCUT2D eigenvalue weighted by Crippen LogP contribution is -2.43. The fourth-order valence-electron chi connectivity index (χ4n) is 3.06. The molecule has 0 spiro atoms. The molecule has 3 heterocycles. The molecule has 2 aromatic rings. The highest BCUT2D eigenvalue weighted by atomic mass is 16.5. The lowest BCUT2D eigenvalue weighted by atomic mass is 10.2. The van der Waals surface area contributed by atoms with Gasteiger partial charge in [-0.1, -0.05) is 13.0 Å². The van der Waals surface area contributed by atoms with Crippen molar-refractivity contribution in [1.29, 1.82) is 0 Å². The van der Waals surface area contributed by atoms with E-state index in [9.17, 15) is 4.79 Å². The van der Waals surface area contributed by atoms with Crippen LogP contribution in [0.2, 0.25) is 0 Å². The van der Waals surface area contributed by atoms with E-state index in [4.69, 9.17) is 14.5 Å². The molecular formula is C17H23N3O3. The normalized spacial score (nSPS) is 19.1. The summed E-state index contributed by atoms with van der Waals surface area (Å²) in [5.74, 6) is 0.854. The van der Waals surface area contributed by atoms with Crippen molar-refractivity contribution in [2.45, 2.75) is 32.4 Å². The van der Waals surface area contributed by atoms with Gasteiger partial charge in [0.25, 0.3) is 0 Å². The molecule has 0 N–H and O–H groups in total. The third-order valence-electron chi connectivity index (χ3n) is 4.23. The van der Waals surface area contributed by atoms with Gasteiger partial charge in [0.2, 0.25) is 0 Å². The van der Waals surface area contributed by atoms with E-state index in [-0.39, 0.29) is 12.1 Å². The van der Waals surface area contributed by atoms with Crippen molar-refractivity contribution in [1.82, 2.24) is 14.3 Å². The summed E-state index contributed by atoms with van der Waals surface area (Å²) in [6, 6.07) is 6.17. The molecule has 0 radical (unpaired) electrons. The number of pyridine rings is 1. The summed E-state index contributed by atoms with van der Waals surface area (Å²) < 4.78 is 12.5. The number of morpholine rings is 1. The summed E-state index contributed by atoms with van der Waals surface area (Å²) in [4.78, 5) is 18.5. The number of hydrogen-bond acceptors (Lipinski definition) is 5. The highest BCUT2D eigenvalue weighted by Gasteiger charge is 2.24. The van der Waals surface area contributed by atoms with Gasteiger partial charge in [-0.3, -0.25) is 9.69 Å². The first-order valence-corrected chi connectivity index (χ1v) is 8.07. The number of rotatable bonds is 5. The number of methoxy groups -OCH3 is 1. The van der Waals surface area contributed by atoms with Gasteiger partial charge in [0.1, 0.15) is 5.82 Å². The van der Waals surface area contributed by atoms with Crippen LogP contribution in [-0.4, -0.2) is 53.2 Å². The summed E-state index contributed by atoms with van der Waals surface area (Å²) in [5, 5.41) is 0. The molecule has 6 heteroatoms. The molecule has 1 aliphatic heterocycles. The van der Waals surface area contributed by atoms with Crippen LogP contribution in [-0.2, 0) is 27.2 Å². The quantitative estimate of drug-likeness (QED) is 0.785. The Morgan fingerprint density at radius 3 is 3.13 bits per heavy atom. The van der Waals surface area contributed by atoms with Gasteiger partial charge in [-0.15, -0.1) is 0 Å². The van der Waals surface area contributed by atoms with E-state index in [1.807, 2.05) is 12.1 Å². The molecule has 0 amide bonds. The first-order chi connectivity index (χ1) is 11.2. The summed E-state index contributed by atoms with van der Waals surface area (Å²) in [7, 11) is 1.41. The van der Waals surface area contributed by atoms with Gasteiger partial charge in [-0.05, 0) is 12.1 Å². The van der Waals surface area contributed by atoms with Crippen molar-refractivity contribution < 1.29 is 14.3 Å². The van der Waals surface area contributed by atoms with Crippen LogP contribution in [0.4, 0.5) is 0 Å². The topological polar surface area (TPSA) is 56.1 Å². The summed E-state index contributed by atoms with van der Waals surface area (Å²) in [6.45, 7) is 5.10. The molecule has 23 heavy (non-hydrogen) atoms. The SMILES string of the molecule is CCc1nc(CN2CCOC(CC(=O)OC)C2)c2ccccn12. The predicted molar refractivity (Wildman–Crippen MR) is 86.2 cm³/mol. The van der Waals surface area contributed by atoms with Crippen LogP contribution in [0.5, 0.6) is 0 Å². The number of aryl methyl sites for hydroxylation is 1. The van der Waals surface area contributed by atoms with Crippen LogP contribution in [0.1, 0.15) is 24.9 Å². The van der Waals surface area contributed by atoms with Gasteiger partial charge in [0.05, 0.1) is 37.5 Å². The van der Waals surface area contributed by atoms with E-state index in [0.717, 1.165) is 43.1 Å². The van der Waals surface area contributed by atoms with Crippen LogP contribution in [0.25, 0.3) is 5.52 Å². The molecule has 0 bridgehead atoms. The number of esters is 1. The van der Waals surface area contributed by atoms with Gasteiger partial charge < -0.3 is 13.9 Å². The monoisotopic (exact) mass is 317 g/mol. The Bertz CT molecular complexity index is 683. The maximum Gasteiger partial charge on any atom is 0.308 e. The van der Waals surface area contributed by atoms with E-state index in [2.05, 4.69) is 28.5 Å². The Hall–Kier alpha value is -1.92. The van der Waals surface area contributed by atoms with Crippen molar-refractivity contribution in [2.24, 2.45) is 0 Å². The van der Waals surface area contributed by atoms with Gasteiger partial charge in [-0.25, -0.2) is 4.98 Å². The van der Waals surface area contributed by atoms with Gasteiger partial charge in [-0.2, -0.15) is 0 Å². The highest BCUT2D eigenvalue weighted by molar-refractivity contribution is 5.69. The summed E-state index contributed by atoms with van der Waals surface area (Å²) in [5.41, 5.74) is 2.24. The second-order valence-corrected chi connectivity index (χ2v) is 5.79. The molecule has 1 aliphatic rings. The third-order valence-corrected chi connectivity index (χ3v) is 4.23. The Kier molecular flexibility index (Phi) is 4.93. The van der Waals surface area contributed by atoms with Crippen molar-refractivity contribution in [3.8, 4) is 0 Å². The van der Waals surface area contributed by atoms with E-state index >= 15 is 0 Å². The smallest absolute Gasteiger partial charge is 0.308 e. The van der Waals surface area contributed by atoms with Crippen molar-refractivity contribution in [3.05, 3.63) is 35.9 Å². The van der Waals surface area contributed by atoms with E-state index < -0.39 is 0 Å². The lowest BCUT2D eigenvalue weighted by Gasteiger charge is -2.32. The minimum atomic E-state index is -0.224. The van der Waals surface area contributed by atoms with Crippen molar-refractivity contribution in [2.75, 3.05) is 26.8 Å². The van der Waals surface area contributed by atoms with Crippen LogP contribution in [0.15, 0.2) is 24.4 Å². The number of nitrogens with zero attached hydrogens (tertiary/aromatic N) is 3. The molecular weight excluding hydrogens is 294 g/mol. The van der Waals surface area contributed by atoms with E-state index in [0.29, 0.717) is 13.0 Å². The number of hydrogen-bond donors (Lipinski definition) is 0. The van der Waals surface area contributed by atoms with Gasteiger partial charge >= 0.3 is 5.97 Å². The molecule has 3 rings (SSSR count). The molecule has 6 nitrogen and oxygen atoms in total. The largest absolute Gasteiger partial charge is 0.469 e. The Balaban J connectivity index is 1.73. The fourth-order valence-corrected chi connectivity index (χ4v) is 3.06. The number of aromatic nitrogens is 2. The van der Waals surface area contributed by atoms with Gasteiger partial charge in [0, 0.05) is 32.3 Å². The Morgan fingerprint density at radius 2 is 2.35 bits per heavy atom. The molecule has 2 aromatic heterocycles. The molecule has 0 aromatic carbocycles. The van der Waals surface area contributed by atoms with Crippen molar-refractivity contribution >= 4 is 11.5 Å². The van der Waals surface area contributed by atoms with Gasteiger partial charge in [0.15, 0.2) is 0 Å². The second kappa shape index (κ2) is 7.10. The number of ether oxygens (including phenoxy) is 2. The van der Waals surface area contributed by atoms with E-state index in [1.54, 1.807) is 0 Å². The molecule has 124 valence electrons. The number of carbonyl (C=O) groups excluding carboxylic acids is 1. The van der Waals surface area contributed by atoms with Crippen LogP contribution >= 0.6 is 0 Å². The zero-order valence-electron chi connectivity index (χ0n) is 13.7. The highest BCUT2D eigenvalue weighted by Crippen LogP contribution is 2.18. The minimum absolute atomic E-state index is 0.101. The average molecular weight is 317 g/mol. The van der Waals surface area contributed by atoms with Crippen LogP contribution in [0, 0.1) is 0 Å². The zero-order chi connectivity index (χ0) is 16.2. The first-order valence-electron chi connectivity index (χ1n) is 8.07. The maximum atomic E-state index is 11.4. The lowest BCUT2D eigenvalue weighted by molar-refractivity contribution is -0.145.